The number of ether oxygens (including phenoxy) is 1. The predicted octanol–water partition coefficient (Wildman–Crippen LogP) is 7.80. The normalized spacial score (nSPS) is 14.5. The van der Waals surface area contributed by atoms with Crippen LogP contribution in [-0.2, 0) is 6.42 Å². The molecule has 0 radical (unpaired) electrons. The Morgan fingerprint density at radius 3 is 2.67 bits per heavy atom. The van der Waals surface area contributed by atoms with Crippen LogP contribution >= 0.6 is 11.3 Å². The van der Waals surface area contributed by atoms with Gasteiger partial charge in [-0.1, -0.05) is 61.2 Å². The van der Waals surface area contributed by atoms with Crippen LogP contribution in [0.3, 0.4) is 0 Å². The van der Waals surface area contributed by atoms with E-state index < -0.39 is 0 Å². The Hall–Kier alpha value is -3.50. The monoisotopic (exact) mass is 409 g/mol. The molecule has 4 aromatic rings. The maximum atomic E-state index is 6.28. The summed E-state index contributed by atoms with van der Waals surface area (Å²) in [5, 5.41) is 1.11. The van der Waals surface area contributed by atoms with E-state index >= 15 is 0 Å². The molecule has 30 heavy (non-hydrogen) atoms. The molecule has 0 saturated carbocycles. The highest BCUT2D eigenvalue weighted by molar-refractivity contribution is 7.19. The summed E-state index contributed by atoms with van der Waals surface area (Å²) in [6, 6.07) is 22.9. The Bertz CT molecular complexity index is 1300. The minimum absolute atomic E-state index is 0.544. The van der Waals surface area contributed by atoms with Crippen molar-refractivity contribution in [3.63, 3.8) is 0 Å². The van der Waals surface area contributed by atoms with Crippen molar-refractivity contribution in [3.05, 3.63) is 96.5 Å². The zero-order valence-corrected chi connectivity index (χ0v) is 17.1. The van der Waals surface area contributed by atoms with Gasteiger partial charge in [0.2, 0.25) is 0 Å². The molecule has 2 aromatic carbocycles. The van der Waals surface area contributed by atoms with Crippen LogP contribution in [0, 0.1) is 0 Å². The smallest absolute Gasteiger partial charge is 0.193 e. The van der Waals surface area contributed by atoms with Gasteiger partial charge in [0.15, 0.2) is 17.3 Å². The summed E-state index contributed by atoms with van der Waals surface area (Å²) in [6.45, 7) is 4.18. The molecule has 0 unspecified atom stereocenters. The van der Waals surface area contributed by atoms with E-state index in [-0.39, 0.29) is 0 Å². The van der Waals surface area contributed by atoms with Crippen LogP contribution in [0.4, 0.5) is 16.4 Å². The van der Waals surface area contributed by atoms with Crippen LogP contribution in [0.25, 0.3) is 22.3 Å². The number of hydrogen-bond donors (Lipinski definition) is 0. The molecule has 0 spiro atoms. The lowest BCUT2D eigenvalue weighted by atomic mass is 10.0. The summed E-state index contributed by atoms with van der Waals surface area (Å²) in [7, 11) is 0. The fourth-order valence-electron chi connectivity index (χ4n) is 4.13. The van der Waals surface area contributed by atoms with Crippen LogP contribution in [0.2, 0.25) is 0 Å². The molecule has 0 bridgehead atoms. The lowest BCUT2D eigenvalue weighted by Gasteiger charge is -2.23. The van der Waals surface area contributed by atoms with Gasteiger partial charge in [-0.25, -0.2) is 0 Å². The molecule has 2 aromatic heterocycles. The van der Waals surface area contributed by atoms with E-state index in [1.54, 1.807) is 11.3 Å². The molecule has 3 nitrogen and oxygen atoms in total. The van der Waals surface area contributed by atoms with Crippen molar-refractivity contribution in [1.29, 1.82) is 0 Å². The fourth-order valence-corrected chi connectivity index (χ4v) is 5.16. The minimum Gasteiger partial charge on any atom is -0.455 e. The van der Waals surface area contributed by atoms with Gasteiger partial charge in [-0.05, 0) is 36.2 Å². The summed E-state index contributed by atoms with van der Waals surface area (Å²) in [4.78, 5) is 3.49. The molecule has 2 aliphatic rings. The van der Waals surface area contributed by atoms with Crippen LogP contribution in [-0.4, -0.2) is 0 Å². The van der Waals surface area contributed by atoms with Gasteiger partial charge >= 0.3 is 0 Å². The van der Waals surface area contributed by atoms with Crippen LogP contribution in [0.5, 0.6) is 5.75 Å². The molecule has 1 aliphatic carbocycles. The number of nitrogens with zero attached hydrogens (tertiary/aromatic N) is 1. The largest absolute Gasteiger partial charge is 0.455 e. The number of benzene rings is 2. The molecule has 4 heteroatoms. The maximum absolute atomic E-state index is 6.28. The average molecular weight is 410 g/mol. The number of thiophene rings is 1. The molecule has 0 fully saturated rings. The average Bonchev–Trinajstić information content (AvgIpc) is 3.39. The quantitative estimate of drug-likeness (QED) is 0.338. The summed E-state index contributed by atoms with van der Waals surface area (Å²) in [5.41, 5.74) is 4.33. The fraction of sp³-hybridized carbons (Fsp3) is 0.0769. The summed E-state index contributed by atoms with van der Waals surface area (Å²) in [6.07, 6.45) is 6.25. The third-order valence-corrected chi connectivity index (χ3v) is 6.62. The summed E-state index contributed by atoms with van der Waals surface area (Å²) in [5.74, 6) is 3.02. The van der Waals surface area contributed by atoms with E-state index in [2.05, 4.69) is 66.1 Å². The first kappa shape index (κ1) is 17.4. The zero-order chi connectivity index (χ0) is 20.1. The Morgan fingerprint density at radius 1 is 0.933 bits per heavy atom. The number of para-hydroxylation sites is 2. The molecule has 0 saturated heterocycles. The van der Waals surface area contributed by atoms with Crippen molar-refractivity contribution < 1.29 is 9.15 Å². The topological polar surface area (TPSA) is 25.6 Å². The van der Waals surface area contributed by atoms with E-state index in [1.807, 2.05) is 24.3 Å². The lowest BCUT2D eigenvalue weighted by molar-refractivity contribution is 0.449. The van der Waals surface area contributed by atoms with Gasteiger partial charge in [-0.3, -0.25) is 4.90 Å². The Balaban J connectivity index is 1.60. The van der Waals surface area contributed by atoms with Crippen LogP contribution < -0.4 is 9.64 Å². The van der Waals surface area contributed by atoms with Gasteiger partial charge in [0.05, 0.1) is 5.69 Å². The maximum Gasteiger partial charge on any atom is 0.193 e. The lowest BCUT2D eigenvalue weighted by Crippen LogP contribution is -2.09. The summed E-state index contributed by atoms with van der Waals surface area (Å²) < 4.78 is 12.4. The van der Waals surface area contributed by atoms with E-state index in [0.717, 1.165) is 46.3 Å². The third kappa shape index (κ3) is 2.65. The number of hydrogen-bond acceptors (Lipinski definition) is 4. The Kier molecular flexibility index (Phi) is 3.93. The van der Waals surface area contributed by atoms with Crippen molar-refractivity contribution in [2.45, 2.75) is 12.8 Å². The SMILES string of the molecule is C=C1Oc2ccccc2N(c2ccc(-c3ccccc3)s2)c2c1oc1c2C=CCC1. The first-order valence-electron chi connectivity index (χ1n) is 10.0. The van der Waals surface area contributed by atoms with Gasteiger partial charge in [0.1, 0.15) is 16.4 Å². The number of anilines is 3. The molecule has 0 N–H and O–H groups in total. The van der Waals surface area contributed by atoms with Crippen molar-refractivity contribution in [2.24, 2.45) is 0 Å². The number of furan rings is 1. The van der Waals surface area contributed by atoms with Crippen molar-refractivity contribution >= 4 is 39.5 Å². The summed E-state index contributed by atoms with van der Waals surface area (Å²) >= 11 is 1.76. The molecular formula is C26H19NO2S. The number of aryl methyl sites for hydroxylation is 1. The van der Waals surface area contributed by atoms with E-state index in [0.29, 0.717) is 11.5 Å². The van der Waals surface area contributed by atoms with Gasteiger partial charge in [-0.15, -0.1) is 11.3 Å². The van der Waals surface area contributed by atoms with Gasteiger partial charge in [-0.2, -0.15) is 0 Å². The predicted molar refractivity (Wildman–Crippen MR) is 124 cm³/mol. The molecule has 0 amide bonds. The standard InChI is InChI=1S/C26H19NO2S/c1-17-26-25(19-11-5-7-13-21(19)29-26)27(20-12-6-8-14-22(20)28-17)24-16-15-23(30-24)18-9-3-2-4-10-18/h2-6,8-12,14-16H,1,7,13H2. The van der Waals surface area contributed by atoms with Crippen LogP contribution in [0.1, 0.15) is 23.5 Å². The number of allylic oxidation sites excluding steroid dienone is 1. The number of rotatable bonds is 2. The third-order valence-electron chi connectivity index (χ3n) is 5.51. The molecular weight excluding hydrogens is 390 g/mol. The second kappa shape index (κ2) is 6.78. The molecule has 6 rings (SSSR count). The molecule has 0 atom stereocenters. The van der Waals surface area contributed by atoms with Crippen molar-refractivity contribution in [1.82, 2.24) is 0 Å². The van der Waals surface area contributed by atoms with Crippen molar-refractivity contribution in [3.8, 4) is 16.2 Å². The van der Waals surface area contributed by atoms with E-state index in [1.165, 1.54) is 10.4 Å². The van der Waals surface area contributed by atoms with Crippen LogP contribution in [0.15, 0.2) is 83.8 Å². The van der Waals surface area contributed by atoms with Gasteiger partial charge in [0, 0.05) is 16.9 Å². The van der Waals surface area contributed by atoms with Gasteiger partial charge in [0.25, 0.3) is 0 Å². The highest BCUT2D eigenvalue weighted by Crippen LogP contribution is 2.53. The highest BCUT2D eigenvalue weighted by Gasteiger charge is 2.33. The molecule has 3 heterocycles. The second-order valence-corrected chi connectivity index (χ2v) is 8.45. The zero-order valence-electron chi connectivity index (χ0n) is 16.3. The number of fused-ring (bicyclic) bond motifs is 4. The van der Waals surface area contributed by atoms with E-state index in [9.17, 15) is 0 Å². The Labute approximate surface area is 179 Å². The highest BCUT2D eigenvalue weighted by atomic mass is 32.1. The second-order valence-electron chi connectivity index (χ2n) is 7.39. The van der Waals surface area contributed by atoms with E-state index in [4.69, 9.17) is 9.15 Å². The first-order chi connectivity index (χ1) is 14.8. The Morgan fingerprint density at radius 2 is 1.77 bits per heavy atom. The van der Waals surface area contributed by atoms with Gasteiger partial charge < -0.3 is 9.15 Å². The first-order valence-corrected chi connectivity index (χ1v) is 10.8. The molecule has 146 valence electrons. The van der Waals surface area contributed by atoms with Crippen molar-refractivity contribution in [2.75, 3.05) is 4.90 Å². The minimum atomic E-state index is 0.544. The molecule has 1 aliphatic heterocycles.